The minimum Gasteiger partial charge on any atom is -0.466 e. The molecule has 0 aliphatic carbocycles. The number of hydrogen-bond donors (Lipinski definition) is 1. The molecule has 2 unspecified atom stereocenters. The van der Waals surface area contributed by atoms with Gasteiger partial charge < -0.3 is 14.6 Å². The number of ether oxygens (including phenoxy) is 1. The lowest BCUT2D eigenvalue weighted by molar-refractivity contribution is -0.147. The predicted octanol–water partition coefficient (Wildman–Crippen LogP) is 5.89. The van der Waals surface area contributed by atoms with E-state index in [4.69, 9.17) is 4.74 Å². The molecule has 1 N–H and O–H groups in total. The Balaban J connectivity index is 1.56. The Hall–Kier alpha value is -3.86. The highest BCUT2D eigenvalue weighted by Crippen LogP contribution is 2.29. The number of benzene rings is 3. The fourth-order valence-electron chi connectivity index (χ4n) is 4.71. The van der Waals surface area contributed by atoms with Gasteiger partial charge in [-0.05, 0) is 61.1 Å². The van der Waals surface area contributed by atoms with Crippen LogP contribution in [0.4, 0.5) is 0 Å². The molecule has 5 nitrogen and oxygen atoms in total. The highest BCUT2D eigenvalue weighted by atomic mass is 16.5. The smallest absolute Gasteiger partial charge is 0.308 e. The summed E-state index contributed by atoms with van der Waals surface area (Å²) < 4.78 is 7.48. The van der Waals surface area contributed by atoms with Crippen LogP contribution in [0.3, 0.4) is 0 Å². The van der Waals surface area contributed by atoms with Crippen LogP contribution >= 0.6 is 0 Å². The van der Waals surface area contributed by atoms with Gasteiger partial charge in [0.1, 0.15) is 0 Å². The molecule has 0 radical (unpaired) electrons. The third-order valence-corrected chi connectivity index (χ3v) is 6.85. The average molecular weight is 497 g/mol. The zero-order chi connectivity index (χ0) is 26.2. The van der Waals surface area contributed by atoms with Crippen LogP contribution < -0.4 is 5.32 Å². The first-order valence-corrected chi connectivity index (χ1v) is 13.1. The number of fused-ring (bicyclic) bond motifs is 1. The number of rotatable bonds is 11. The number of hydrogen-bond acceptors (Lipinski definition) is 3. The molecule has 0 spiro atoms. The molecule has 0 saturated heterocycles. The van der Waals surface area contributed by atoms with Crippen LogP contribution in [0.2, 0.25) is 0 Å². The fraction of sp³-hybridized carbons (Fsp3) is 0.312. The second-order valence-electron chi connectivity index (χ2n) is 9.65. The lowest BCUT2D eigenvalue weighted by Crippen LogP contribution is -2.29. The molecule has 4 rings (SSSR count). The first kappa shape index (κ1) is 26.2. The van der Waals surface area contributed by atoms with Crippen LogP contribution in [0.5, 0.6) is 0 Å². The molecule has 0 aliphatic rings. The molecule has 0 bridgehead atoms. The monoisotopic (exact) mass is 496 g/mol. The van der Waals surface area contributed by atoms with E-state index in [1.807, 2.05) is 63.2 Å². The molecule has 0 aliphatic heterocycles. The van der Waals surface area contributed by atoms with Crippen molar-refractivity contribution in [3.05, 3.63) is 107 Å². The van der Waals surface area contributed by atoms with E-state index in [-0.39, 0.29) is 23.7 Å². The molecular weight excluding hydrogens is 460 g/mol. The zero-order valence-electron chi connectivity index (χ0n) is 21.9. The molecule has 2 atom stereocenters. The fourth-order valence-corrected chi connectivity index (χ4v) is 4.71. The van der Waals surface area contributed by atoms with Crippen molar-refractivity contribution in [3.63, 3.8) is 0 Å². The Kier molecular flexibility index (Phi) is 8.78. The molecule has 192 valence electrons. The summed E-state index contributed by atoms with van der Waals surface area (Å²) in [6.07, 6.45) is 3.52. The number of nitrogens with one attached hydrogen (secondary N) is 1. The summed E-state index contributed by atoms with van der Waals surface area (Å²) in [5.74, 6) is -0.708. The molecule has 1 amide bonds. The quantitative estimate of drug-likeness (QED) is 0.263. The van der Waals surface area contributed by atoms with Gasteiger partial charge in [-0.1, -0.05) is 73.7 Å². The van der Waals surface area contributed by atoms with Gasteiger partial charge in [-0.25, -0.2) is 0 Å². The molecular formula is C32H36N2O3. The highest BCUT2D eigenvalue weighted by Gasteiger charge is 2.21. The van der Waals surface area contributed by atoms with Crippen LogP contribution in [0.1, 0.15) is 48.9 Å². The van der Waals surface area contributed by atoms with Gasteiger partial charge >= 0.3 is 5.97 Å². The van der Waals surface area contributed by atoms with E-state index in [9.17, 15) is 9.59 Å². The summed E-state index contributed by atoms with van der Waals surface area (Å²) in [5, 5.41) is 4.16. The van der Waals surface area contributed by atoms with Gasteiger partial charge in [-0.3, -0.25) is 9.59 Å². The Bertz CT molecular complexity index is 1330. The van der Waals surface area contributed by atoms with Gasteiger partial charge in [0.2, 0.25) is 5.91 Å². The first-order valence-electron chi connectivity index (χ1n) is 13.1. The van der Waals surface area contributed by atoms with E-state index in [0.717, 1.165) is 35.0 Å². The van der Waals surface area contributed by atoms with E-state index in [0.29, 0.717) is 19.6 Å². The van der Waals surface area contributed by atoms with Crippen LogP contribution in [-0.2, 0) is 33.7 Å². The summed E-state index contributed by atoms with van der Waals surface area (Å²) in [4.78, 5) is 25.3. The van der Waals surface area contributed by atoms with E-state index in [1.54, 1.807) is 0 Å². The van der Waals surface area contributed by atoms with Gasteiger partial charge in [-0.2, -0.15) is 0 Å². The lowest BCUT2D eigenvalue weighted by atomic mass is 9.95. The molecule has 3 aromatic carbocycles. The summed E-state index contributed by atoms with van der Waals surface area (Å²) in [6.45, 7) is 7.39. The second-order valence-corrected chi connectivity index (χ2v) is 9.65. The Morgan fingerprint density at radius 2 is 1.59 bits per heavy atom. The van der Waals surface area contributed by atoms with Crippen molar-refractivity contribution >= 4 is 22.8 Å². The molecule has 1 heterocycles. The number of nitrogens with zero attached hydrogens (tertiary/aromatic N) is 1. The van der Waals surface area contributed by atoms with Crippen LogP contribution in [-0.4, -0.2) is 29.6 Å². The normalized spacial score (nSPS) is 12.7. The summed E-state index contributed by atoms with van der Waals surface area (Å²) in [5.41, 5.74) is 5.56. The Labute approximate surface area is 219 Å². The standard InChI is InChI=1S/C32H36N2O3/c1-4-37-32(36)23(2)19-28-22-34(21-26-13-9-6-10-14-26)30-16-15-27(20-29(28)30)24(3)31(35)33-18-17-25-11-7-5-8-12-25/h5-16,20,22-24H,4,17-19,21H2,1-3H3,(H,33,35). The second kappa shape index (κ2) is 12.4. The van der Waals surface area contributed by atoms with Crippen molar-refractivity contribution in [1.29, 1.82) is 0 Å². The van der Waals surface area contributed by atoms with E-state index < -0.39 is 0 Å². The molecule has 5 heteroatoms. The molecule has 0 saturated carbocycles. The summed E-state index contributed by atoms with van der Waals surface area (Å²) in [7, 11) is 0. The van der Waals surface area contributed by atoms with Gasteiger partial charge in [0, 0.05) is 30.2 Å². The van der Waals surface area contributed by atoms with Crippen molar-refractivity contribution in [1.82, 2.24) is 9.88 Å². The third-order valence-electron chi connectivity index (χ3n) is 6.85. The van der Waals surface area contributed by atoms with Gasteiger partial charge in [0.15, 0.2) is 0 Å². The topological polar surface area (TPSA) is 60.3 Å². The van der Waals surface area contributed by atoms with Crippen molar-refractivity contribution in [2.75, 3.05) is 13.2 Å². The zero-order valence-corrected chi connectivity index (χ0v) is 21.9. The largest absolute Gasteiger partial charge is 0.466 e. The summed E-state index contributed by atoms with van der Waals surface area (Å²) in [6, 6.07) is 26.8. The van der Waals surface area contributed by atoms with Gasteiger partial charge in [0.05, 0.1) is 18.4 Å². The molecule has 1 aromatic heterocycles. The Morgan fingerprint density at radius 3 is 2.27 bits per heavy atom. The van der Waals surface area contributed by atoms with Crippen molar-refractivity contribution < 1.29 is 14.3 Å². The lowest BCUT2D eigenvalue weighted by Gasteiger charge is -2.14. The summed E-state index contributed by atoms with van der Waals surface area (Å²) >= 11 is 0. The van der Waals surface area contributed by atoms with Crippen LogP contribution in [0, 0.1) is 5.92 Å². The minimum absolute atomic E-state index is 0.0143. The minimum atomic E-state index is -0.284. The van der Waals surface area contributed by atoms with Crippen molar-refractivity contribution in [2.45, 2.75) is 46.1 Å². The highest BCUT2D eigenvalue weighted by molar-refractivity contribution is 5.89. The SMILES string of the molecule is CCOC(=O)C(C)Cc1cn(Cc2ccccc2)c2ccc(C(C)C(=O)NCCc3ccccc3)cc12. The van der Waals surface area contributed by atoms with Crippen molar-refractivity contribution in [3.8, 4) is 0 Å². The maximum Gasteiger partial charge on any atom is 0.308 e. The molecule has 37 heavy (non-hydrogen) atoms. The predicted molar refractivity (Wildman–Crippen MR) is 149 cm³/mol. The maximum atomic E-state index is 13.0. The van der Waals surface area contributed by atoms with E-state index in [2.05, 4.69) is 52.5 Å². The average Bonchev–Trinajstić information content (AvgIpc) is 3.25. The van der Waals surface area contributed by atoms with Crippen molar-refractivity contribution in [2.24, 2.45) is 5.92 Å². The van der Waals surface area contributed by atoms with Crippen LogP contribution in [0.25, 0.3) is 10.9 Å². The maximum absolute atomic E-state index is 13.0. The van der Waals surface area contributed by atoms with E-state index in [1.165, 1.54) is 11.1 Å². The number of amides is 1. The number of carbonyl (C=O) groups is 2. The molecule has 0 fully saturated rings. The molecule has 4 aromatic rings. The first-order chi connectivity index (χ1) is 18.0. The number of aromatic nitrogens is 1. The number of carbonyl (C=O) groups excluding carboxylic acids is 2. The van der Waals surface area contributed by atoms with Crippen LogP contribution in [0.15, 0.2) is 85.1 Å². The number of esters is 1. The van der Waals surface area contributed by atoms with Gasteiger partial charge in [-0.15, -0.1) is 0 Å². The van der Waals surface area contributed by atoms with Gasteiger partial charge in [0.25, 0.3) is 0 Å². The van der Waals surface area contributed by atoms with E-state index >= 15 is 0 Å². The third kappa shape index (κ3) is 6.67. The Morgan fingerprint density at radius 1 is 0.919 bits per heavy atom.